The van der Waals surface area contributed by atoms with Gasteiger partial charge < -0.3 is 20.5 Å². The van der Waals surface area contributed by atoms with Crippen LogP contribution in [-0.2, 0) is 9.53 Å². The van der Waals surface area contributed by atoms with Crippen molar-refractivity contribution in [1.82, 2.24) is 4.90 Å². The zero-order valence-corrected chi connectivity index (χ0v) is 8.68. The summed E-state index contributed by atoms with van der Waals surface area (Å²) in [5.74, 6) is -0.374. The minimum atomic E-state index is -1.18. The second-order valence-electron chi connectivity index (χ2n) is 3.63. The van der Waals surface area contributed by atoms with Crippen LogP contribution in [0, 0.1) is 0 Å². The largest absolute Gasteiger partial charge is 0.433 e. The molecular weight excluding hydrogens is 200 g/mol. The van der Waals surface area contributed by atoms with Gasteiger partial charge in [0.25, 0.3) is 5.91 Å². The van der Waals surface area contributed by atoms with E-state index in [1.165, 1.54) is 6.92 Å². The third-order valence-corrected chi connectivity index (χ3v) is 2.34. The molecule has 1 aliphatic rings. The second kappa shape index (κ2) is 4.97. The summed E-state index contributed by atoms with van der Waals surface area (Å²) in [7, 11) is 0. The number of hydrogen-bond acceptors (Lipinski definition) is 4. The third-order valence-electron chi connectivity index (χ3n) is 2.34. The molecule has 1 aliphatic heterocycles. The van der Waals surface area contributed by atoms with Gasteiger partial charge in [-0.3, -0.25) is 4.79 Å². The molecule has 2 amide bonds. The first-order chi connectivity index (χ1) is 7.02. The molecule has 1 fully saturated rings. The van der Waals surface area contributed by atoms with Gasteiger partial charge in [0.15, 0.2) is 0 Å². The molecule has 0 bridgehead atoms. The lowest BCUT2D eigenvalue weighted by molar-refractivity contribution is -0.144. The van der Waals surface area contributed by atoms with Gasteiger partial charge in [0.2, 0.25) is 6.10 Å². The first-order valence-electron chi connectivity index (χ1n) is 4.95. The number of carbonyl (C=O) groups excluding carboxylic acids is 2. The van der Waals surface area contributed by atoms with E-state index in [-0.39, 0.29) is 5.91 Å². The van der Waals surface area contributed by atoms with Gasteiger partial charge in [-0.05, 0) is 19.8 Å². The van der Waals surface area contributed by atoms with E-state index in [9.17, 15) is 14.7 Å². The molecule has 0 aliphatic carbocycles. The predicted octanol–water partition coefficient (Wildman–Crippen LogP) is -0.547. The molecule has 1 rings (SSSR count). The second-order valence-corrected chi connectivity index (χ2v) is 3.63. The Balaban J connectivity index is 2.61. The lowest BCUT2D eigenvalue weighted by atomic mass is 10.2. The molecule has 15 heavy (non-hydrogen) atoms. The van der Waals surface area contributed by atoms with E-state index in [0.29, 0.717) is 13.1 Å². The quantitative estimate of drug-likeness (QED) is 0.662. The van der Waals surface area contributed by atoms with Gasteiger partial charge in [-0.15, -0.1) is 0 Å². The van der Waals surface area contributed by atoms with Crippen LogP contribution in [0.25, 0.3) is 0 Å². The Labute approximate surface area is 88.0 Å². The van der Waals surface area contributed by atoms with Crippen molar-refractivity contribution in [2.24, 2.45) is 5.73 Å². The van der Waals surface area contributed by atoms with E-state index in [2.05, 4.69) is 4.74 Å². The van der Waals surface area contributed by atoms with Gasteiger partial charge in [0.1, 0.15) is 0 Å². The first-order valence-corrected chi connectivity index (χ1v) is 4.95. The fourth-order valence-electron chi connectivity index (χ4n) is 1.60. The van der Waals surface area contributed by atoms with Gasteiger partial charge in [-0.2, -0.15) is 0 Å². The number of primary amides is 1. The maximum atomic E-state index is 11.8. The third kappa shape index (κ3) is 3.09. The topological polar surface area (TPSA) is 92.9 Å². The Kier molecular flexibility index (Phi) is 3.90. The summed E-state index contributed by atoms with van der Waals surface area (Å²) in [6, 6.07) is 0. The fourth-order valence-corrected chi connectivity index (χ4v) is 1.60. The Hall–Kier alpha value is -1.30. The number of hydrogen-bond donors (Lipinski definition) is 2. The molecule has 2 atom stereocenters. The number of rotatable bonds is 3. The summed E-state index contributed by atoms with van der Waals surface area (Å²) in [6.07, 6.45) is -1.40. The summed E-state index contributed by atoms with van der Waals surface area (Å²) < 4.78 is 4.58. The zero-order valence-electron chi connectivity index (χ0n) is 8.68. The van der Waals surface area contributed by atoms with E-state index in [0.717, 1.165) is 12.8 Å². The number of nitrogens with zero attached hydrogens (tertiary/aromatic N) is 1. The fraction of sp³-hybridized carbons (Fsp3) is 0.778. The van der Waals surface area contributed by atoms with Gasteiger partial charge >= 0.3 is 6.09 Å². The van der Waals surface area contributed by atoms with Crippen LogP contribution in [0.15, 0.2) is 0 Å². The molecule has 6 heteroatoms. The van der Waals surface area contributed by atoms with Crippen LogP contribution < -0.4 is 5.73 Å². The van der Waals surface area contributed by atoms with Gasteiger partial charge in [0.05, 0.1) is 6.10 Å². The van der Waals surface area contributed by atoms with Crippen molar-refractivity contribution in [3.05, 3.63) is 0 Å². The van der Waals surface area contributed by atoms with Crippen molar-refractivity contribution >= 4 is 12.0 Å². The molecule has 1 heterocycles. The van der Waals surface area contributed by atoms with Crippen molar-refractivity contribution in [2.75, 3.05) is 13.1 Å². The van der Waals surface area contributed by atoms with Crippen LogP contribution in [0.2, 0.25) is 0 Å². The molecule has 0 unspecified atom stereocenters. The smallest absolute Gasteiger partial charge is 0.405 e. The van der Waals surface area contributed by atoms with Gasteiger partial charge in [0, 0.05) is 13.1 Å². The van der Waals surface area contributed by atoms with Crippen molar-refractivity contribution in [2.45, 2.75) is 32.0 Å². The van der Waals surface area contributed by atoms with E-state index in [1.54, 1.807) is 4.90 Å². The first kappa shape index (κ1) is 11.8. The average Bonchev–Trinajstić information content (AvgIpc) is 2.65. The molecular formula is C9H16N2O4. The number of likely N-dealkylation sites (tertiary alicyclic amines) is 1. The van der Waals surface area contributed by atoms with E-state index in [4.69, 9.17) is 5.73 Å². The van der Waals surface area contributed by atoms with E-state index >= 15 is 0 Å². The van der Waals surface area contributed by atoms with Crippen molar-refractivity contribution in [3.63, 3.8) is 0 Å². The number of aliphatic hydroxyl groups excluding tert-OH is 1. The SMILES string of the molecule is C[C@@H](O)[C@H](OC(N)=O)C(=O)N1CCCC1. The predicted molar refractivity (Wildman–Crippen MR) is 52.0 cm³/mol. The van der Waals surface area contributed by atoms with Crippen LogP contribution in [0.4, 0.5) is 4.79 Å². The number of ether oxygens (including phenoxy) is 1. The summed E-state index contributed by atoms with van der Waals surface area (Å²) in [4.78, 5) is 23.9. The highest BCUT2D eigenvalue weighted by Crippen LogP contribution is 2.12. The molecule has 1 saturated heterocycles. The molecule has 0 aromatic rings. The highest BCUT2D eigenvalue weighted by Gasteiger charge is 2.32. The Morgan fingerprint density at radius 1 is 1.40 bits per heavy atom. The standard InChI is InChI=1S/C9H16N2O4/c1-6(12)7(15-9(10)14)8(13)11-4-2-3-5-11/h6-7,12H,2-5H2,1H3,(H2,10,14)/t6-,7+/m1/s1. The summed E-state index contributed by atoms with van der Waals surface area (Å²) >= 11 is 0. The van der Waals surface area contributed by atoms with E-state index in [1.807, 2.05) is 0 Å². The maximum Gasteiger partial charge on any atom is 0.405 e. The van der Waals surface area contributed by atoms with Crippen LogP contribution in [0.1, 0.15) is 19.8 Å². The number of nitrogens with two attached hydrogens (primary N) is 1. The van der Waals surface area contributed by atoms with E-state index < -0.39 is 18.3 Å². The van der Waals surface area contributed by atoms with Crippen molar-refractivity contribution in [1.29, 1.82) is 0 Å². The minimum Gasteiger partial charge on any atom is -0.433 e. The highest BCUT2D eigenvalue weighted by atomic mass is 16.6. The van der Waals surface area contributed by atoms with Gasteiger partial charge in [-0.25, -0.2) is 4.79 Å². The lowest BCUT2D eigenvalue weighted by Crippen LogP contribution is -2.46. The molecule has 6 nitrogen and oxygen atoms in total. The zero-order chi connectivity index (χ0) is 11.4. The minimum absolute atomic E-state index is 0.374. The Morgan fingerprint density at radius 3 is 2.33 bits per heavy atom. The van der Waals surface area contributed by atoms with Crippen molar-refractivity contribution in [3.8, 4) is 0 Å². The molecule has 0 saturated carbocycles. The van der Waals surface area contributed by atoms with Crippen LogP contribution in [-0.4, -0.2) is 47.3 Å². The normalized spacial score (nSPS) is 19.7. The lowest BCUT2D eigenvalue weighted by Gasteiger charge is -2.24. The van der Waals surface area contributed by atoms with Gasteiger partial charge in [-0.1, -0.05) is 0 Å². The summed E-state index contributed by atoms with van der Waals surface area (Å²) in [6.45, 7) is 2.68. The molecule has 0 spiro atoms. The Morgan fingerprint density at radius 2 is 1.93 bits per heavy atom. The number of amides is 2. The maximum absolute atomic E-state index is 11.8. The molecule has 0 radical (unpaired) electrons. The molecule has 3 N–H and O–H groups in total. The molecule has 86 valence electrons. The van der Waals surface area contributed by atoms with Crippen LogP contribution >= 0.6 is 0 Å². The number of carbonyl (C=O) groups is 2. The average molecular weight is 216 g/mol. The summed E-state index contributed by atoms with van der Waals surface area (Å²) in [5, 5.41) is 9.31. The summed E-state index contributed by atoms with van der Waals surface area (Å²) in [5.41, 5.74) is 4.82. The van der Waals surface area contributed by atoms with Crippen LogP contribution in [0.5, 0.6) is 0 Å². The number of aliphatic hydroxyl groups is 1. The Bertz CT molecular complexity index is 248. The van der Waals surface area contributed by atoms with Crippen LogP contribution in [0.3, 0.4) is 0 Å². The monoisotopic (exact) mass is 216 g/mol. The molecule has 0 aromatic carbocycles. The van der Waals surface area contributed by atoms with Crippen molar-refractivity contribution < 1.29 is 19.4 Å². The molecule has 0 aromatic heterocycles. The highest BCUT2D eigenvalue weighted by molar-refractivity contribution is 5.84.